The largest absolute Gasteiger partial charge is 0.297 e. The molecule has 1 aromatic heterocycles. The Labute approximate surface area is 112 Å². The Morgan fingerprint density at radius 1 is 1.28 bits per heavy atom. The Balaban J connectivity index is 1.86. The Morgan fingerprint density at radius 2 is 2.11 bits per heavy atom. The van der Waals surface area contributed by atoms with Crippen molar-refractivity contribution in [3.63, 3.8) is 0 Å². The van der Waals surface area contributed by atoms with Crippen molar-refractivity contribution in [1.29, 1.82) is 0 Å². The fraction of sp³-hybridized carbons (Fsp3) is 0.429. The molecule has 1 fully saturated rings. The maximum Gasteiger partial charge on any atom is 0.104 e. The number of benzene rings is 1. The smallest absolute Gasteiger partial charge is 0.104 e. The van der Waals surface area contributed by atoms with Crippen LogP contribution in [0.15, 0.2) is 30.5 Å². The van der Waals surface area contributed by atoms with Crippen molar-refractivity contribution in [1.82, 2.24) is 13.6 Å². The summed E-state index contributed by atoms with van der Waals surface area (Å²) >= 11 is 1.26. The molecule has 2 heterocycles. The first kappa shape index (κ1) is 11.8. The Hall–Kier alpha value is -1.26. The van der Waals surface area contributed by atoms with Gasteiger partial charge in [-0.3, -0.25) is 4.90 Å². The van der Waals surface area contributed by atoms with Crippen LogP contribution in [0.5, 0.6) is 0 Å². The first-order valence-corrected chi connectivity index (χ1v) is 7.19. The van der Waals surface area contributed by atoms with Gasteiger partial charge in [0.25, 0.3) is 0 Å². The number of rotatable bonds is 3. The van der Waals surface area contributed by atoms with Gasteiger partial charge in [-0.15, -0.1) is 0 Å². The Kier molecular flexibility index (Phi) is 3.39. The van der Waals surface area contributed by atoms with E-state index in [2.05, 4.69) is 44.8 Å². The summed E-state index contributed by atoms with van der Waals surface area (Å²) in [6.45, 7) is 4.75. The molecule has 18 heavy (non-hydrogen) atoms. The van der Waals surface area contributed by atoms with E-state index in [9.17, 15) is 0 Å². The van der Waals surface area contributed by atoms with Crippen molar-refractivity contribution in [3.05, 3.63) is 36.0 Å². The van der Waals surface area contributed by atoms with Gasteiger partial charge in [0.2, 0.25) is 0 Å². The summed E-state index contributed by atoms with van der Waals surface area (Å²) in [6, 6.07) is 9.19. The van der Waals surface area contributed by atoms with Crippen LogP contribution < -0.4 is 0 Å². The molecule has 1 aromatic carbocycles. The fourth-order valence-corrected chi connectivity index (χ4v) is 3.02. The first-order chi connectivity index (χ1) is 8.84. The highest BCUT2D eigenvalue weighted by molar-refractivity contribution is 6.99. The topological polar surface area (TPSA) is 29.0 Å². The molecule has 94 valence electrons. The van der Waals surface area contributed by atoms with E-state index in [0.717, 1.165) is 5.69 Å². The van der Waals surface area contributed by atoms with E-state index in [0.29, 0.717) is 6.04 Å². The van der Waals surface area contributed by atoms with Crippen LogP contribution in [-0.2, 0) is 0 Å². The fourth-order valence-electron chi connectivity index (χ4n) is 2.59. The van der Waals surface area contributed by atoms with E-state index in [4.69, 9.17) is 0 Å². The number of likely N-dealkylation sites (tertiary alicyclic amines) is 1. The predicted octanol–water partition coefficient (Wildman–Crippen LogP) is 3.36. The van der Waals surface area contributed by atoms with Gasteiger partial charge in [-0.1, -0.05) is 18.2 Å². The summed E-state index contributed by atoms with van der Waals surface area (Å²) < 4.78 is 8.37. The average molecular weight is 259 g/mol. The maximum atomic E-state index is 4.30. The molecule has 0 saturated carbocycles. The molecule has 1 aliphatic heterocycles. The van der Waals surface area contributed by atoms with Crippen molar-refractivity contribution in [2.75, 3.05) is 13.1 Å². The van der Waals surface area contributed by atoms with Gasteiger partial charge in [-0.25, -0.2) is 0 Å². The van der Waals surface area contributed by atoms with Gasteiger partial charge in [0.15, 0.2) is 0 Å². The molecule has 1 atom stereocenters. The second kappa shape index (κ2) is 5.16. The highest BCUT2D eigenvalue weighted by Crippen LogP contribution is 2.27. The summed E-state index contributed by atoms with van der Waals surface area (Å²) in [7, 11) is 0. The van der Waals surface area contributed by atoms with Crippen LogP contribution in [0.25, 0.3) is 11.3 Å². The number of hydrogen-bond acceptors (Lipinski definition) is 4. The van der Waals surface area contributed by atoms with Gasteiger partial charge in [-0.2, -0.15) is 8.75 Å². The Bertz CT molecular complexity index is 504. The summed E-state index contributed by atoms with van der Waals surface area (Å²) in [6.07, 6.45) is 4.50. The molecule has 0 N–H and O–H groups in total. The molecule has 0 unspecified atom stereocenters. The van der Waals surface area contributed by atoms with E-state index in [1.54, 1.807) is 0 Å². The molecule has 0 spiro atoms. The quantitative estimate of drug-likeness (QED) is 0.846. The summed E-state index contributed by atoms with van der Waals surface area (Å²) in [4.78, 5) is 2.55. The lowest BCUT2D eigenvalue weighted by Gasteiger charge is -2.24. The zero-order chi connectivity index (χ0) is 12.4. The van der Waals surface area contributed by atoms with Crippen molar-refractivity contribution in [3.8, 4) is 11.3 Å². The second-order valence-corrected chi connectivity index (χ2v) is 5.39. The van der Waals surface area contributed by atoms with Crippen LogP contribution in [0.3, 0.4) is 0 Å². The zero-order valence-electron chi connectivity index (χ0n) is 10.5. The van der Waals surface area contributed by atoms with Crippen LogP contribution in [-0.4, -0.2) is 26.7 Å². The molecule has 0 amide bonds. The summed E-state index contributed by atoms with van der Waals surface area (Å²) in [5.41, 5.74) is 3.53. The van der Waals surface area contributed by atoms with Gasteiger partial charge >= 0.3 is 0 Å². The molecular formula is C14H17N3S. The predicted molar refractivity (Wildman–Crippen MR) is 74.6 cm³/mol. The van der Waals surface area contributed by atoms with Crippen molar-refractivity contribution >= 4 is 11.7 Å². The maximum absolute atomic E-state index is 4.30. The zero-order valence-corrected chi connectivity index (χ0v) is 11.4. The molecule has 0 bridgehead atoms. The van der Waals surface area contributed by atoms with Crippen molar-refractivity contribution in [2.45, 2.75) is 25.8 Å². The summed E-state index contributed by atoms with van der Waals surface area (Å²) in [5.74, 6) is 0. The molecule has 1 saturated heterocycles. The van der Waals surface area contributed by atoms with Crippen molar-refractivity contribution < 1.29 is 0 Å². The highest BCUT2D eigenvalue weighted by Gasteiger charge is 2.19. The average Bonchev–Trinajstić information content (AvgIpc) is 3.11. The number of aromatic nitrogens is 2. The van der Waals surface area contributed by atoms with E-state index in [1.807, 2.05) is 6.20 Å². The first-order valence-electron chi connectivity index (χ1n) is 6.46. The third-order valence-corrected chi connectivity index (χ3v) is 4.19. The lowest BCUT2D eigenvalue weighted by Crippen LogP contribution is -2.23. The lowest BCUT2D eigenvalue weighted by atomic mass is 10.0. The van der Waals surface area contributed by atoms with E-state index in [-0.39, 0.29) is 0 Å². The monoisotopic (exact) mass is 259 g/mol. The van der Waals surface area contributed by atoms with Crippen LogP contribution in [0.4, 0.5) is 0 Å². The molecule has 1 aliphatic rings. The summed E-state index contributed by atoms with van der Waals surface area (Å²) in [5, 5.41) is 0. The minimum absolute atomic E-state index is 0.499. The Morgan fingerprint density at radius 3 is 2.83 bits per heavy atom. The molecule has 4 heteroatoms. The third kappa shape index (κ3) is 2.31. The van der Waals surface area contributed by atoms with Crippen molar-refractivity contribution in [2.24, 2.45) is 0 Å². The number of nitrogens with zero attached hydrogens (tertiary/aromatic N) is 3. The van der Waals surface area contributed by atoms with Gasteiger partial charge < -0.3 is 0 Å². The standard InChI is InChI=1S/C14H17N3S/c1-11(17-7-2-3-8-17)12-5-4-6-13(9-12)14-10-15-18-16-14/h4-6,9-11H,2-3,7-8H2,1H3/t11-/m1/s1. The molecule has 3 rings (SSSR count). The number of hydrogen-bond donors (Lipinski definition) is 0. The second-order valence-electron chi connectivity index (χ2n) is 4.84. The highest BCUT2D eigenvalue weighted by atomic mass is 32.1. The normalized spacial score (nSPS) is 18.1. The molecule has 0 radical (unpaired) electrons. The van der Waals surface area contributed by atoms with E-state index >= 15 is 0 Å². The molecule has 0 aliphatic carbocycles. The minimum atomic E-state index is 0.499. The van der Waals surface area contributed by atoms with Gasteiger partial charge in [0.1, 0.15) is 5.69 Å². The van der Waals surface area contributed by atoms with Crippen LogP contribution >= 0.6 is 11.7 Å². The van der Waals surface area contributed by atoms with Gasteiger partial charge in [-0.05, 0) is 44.5 Å². The van der Waals surface area contributed by atoms with Gasteiger partial charge in [0, 0.05) is 11.6 Å². The van der Waals surface area contributed by atoms with E-state index in [1.165, 1.54) is 48.8 Å². The van der Waals surface area contributed by atoms with Crippen LogP contribution in [0.1, 0.15) is 31.4 Å². The third-order valence-electron chi connectivity index (χ3n) is 3.71. The minimum Gasteiger partial charge on any atom is -0.297 e. The van der Waals surface area contributed by atoms with E-state index < -0.39 is 0 Å². The van der Waals surface area contributed by atoms with Crippen LogP contribution in [0.2, 0.25) is 0 Å². The van der Waals surface area contributed by atoms with Crippen LogP contribution in [0, 0.1) is 0 Å². The molecular weight excluding hydrogens is 242 g/mol. The molecule has 3 nitrogen and oxygen atoms in total. The SMILES string of the molecule is C[C@H](c1cccc(-c2cnsn2)c1)N1CCCC1. The molecule has 2 aromatic rings. The van der Waals surface area contributed by atoms with Gasteiger partial charge in [0.05, 0.1) is 17.9 Å². The lowest BCUT2D eigenvalue weighted by molar-refractivity contribution is 0.263.